The summed E-state index contributed by atoms with van der Waals surface area (Å²) in [6.45, 7) is 1.20. The van der Waals surface area contributed by atoms with Crippen LogP contribution in [0.4, 0.5) is 10.5 Å². The van der Waals surface area contributed by atoms with E-state index in [0.717, 1.165) is 11.9 Å². The maximum atomic E-state index is 12.5. The first-order valence-corrected chi connectivity index (χ1v) is 8.41. The number of hydrogen-bond donors (Lipinski definition) is 2. The molecule has 0 saturated heterocycles. The number of aromatic nitrogens is 3. The predicted molar refractivity (Wildman–Crippen MR) is 100 cm³/mol. The van der Waals surface area contributed by atoms with Crippen molar-refractivity contribution in [2.45, 2.75) is 6.42 Å². The maximum absolute atomic E-state index is 12.5. The van der Waals surface area contributed by atoms with E-state index in [1.807, 2.05) is 18.3 Å². The number of aromatic amines is 1. The highest BCUT2D eigenvalue weighted by Crippen LogP contribution is 2.29. The second-order valence-electron chi connectivity index (χ2n) is 6.05. The van der Waals surface area contributed by atoms with Crippen molar-refractivity contribution in [3.8, 4) is 5.88 Å². The SMILES string of the molecule is COc1ncncc1NC(=O)N1CC=C(c2c[nH]c3ccccc23)CC1. The van der Waals surface area contributed by atoms with Crippen LogP contribution in [0.5, 0.6) is 5.88 Å². The fraction of sp³-hybridized carbons (Fsp3) is 0.211. The molecular formula is C19H19N5O2. The first-order chi connectivity index (χ1) is 12.8. The van der Waals surface area contributed by atoms with E-state index >= 15 is 0 Å². The van der Waals surface area contributed by atoms with E-state index in [0.29, 0.717) is 24.7 Å². The summed E-state index contributed by atoms with van der Waals surface area (Å²) in [5, 5.41) is 4.02. The lowest BCUT2D eigenvalue weighted by Crippen LogP contribution is -2.38. The fourth-order valence-electron chi connectivity index (χ4n) is 3.20. The van der Waals surface area contributed by atoms with Crippen LogP contribution in [0.15, 0.2) is 49.1 Å². The number of nitrogens with one attached hydrogen (secondary N) is 2. The van der Waals surface area contributed by atoms with Crippen LogP contribution >= 0.6 is 0 Å². The lowest BCUT2D eigenvalue weighted by molar-refractivity contribution is 0.217. The smallest absolute Gasteiger partial charge is 0.322 e. The van der Waals surface area contributed by atoms with E-state index < -0.39 is 0 Å². The van der Waals surface area contributed by atoms with Crippen LogP contribution in [0, 0.1) is 0 Å². The van der Waals surface area contributed by atoms with Crippen LogP contribution in [0.1, 0.15) is 12.0 Å². The molecule has 0 spiro atoms. The number of carbonyl (C=O) groups excluding carboxylic acids is 1. The molecule has 0 aliphatic carbocycles. The number of rotatable bonds is 3. The van der Waals surface area contributed by atoms with Gasteiger partial charge < -0.3 is 19.9 Å². The van der Waals surface area contributed by atoms with Crippen LogP contribution in [0.2, 0.25) is 0 Å². The van der Waals surface area contributed by atoms with Gasteiger partial charge >= 0.3 is 6.03 Å². The summed E-state index contributed by atoms with van der Waals surface area (Å²) in [6, 6.07) is 8.05. The Morgan fingerprint density at radius 2 is 2.23 bits per heavy atom. The van der Waals surface area contributed by atoms with Gasteiger partial charge in [0, 0.05) is 35.8 Å². The first kappa shape index (κ1) is 16.1. The molecule has 0 unspecified atom stereocenters. The van der Waals surface area contributed by atoms with E-state index in [1.165, 1.54) is 36.2 Å². The second kappa shape index (κ2) is 6.87. The minimum Gasteiger partial charge on any atom is -0.479 e. The lowest BCUT2D eigenvalue weighted by Gasteiger charge is -2.26. The summed E-state index contributed by atoms with van der Waals surface area (Å²) in [4.78, 5) is 25.5. The summed E-state index contributed by atoms with van der Waals surface area (Å²) < 4.78 is 5.14. The molecule has 0 radical (unpaired) electrons. The zero-order valence-electron chi connectivity index (χ0n) is 14.4. The summed E-state index contributed by atoms with van der Waals surface area (Å²) >= 11 is 0. The second-order valence-corrected chi connectivity index (χ2v) is 6.05. The Labute approximate surface area is 150 Å². The molecule has 0 saturated carbocycles. The highest BCUT2D eigenvalue weighted by Gasteiger charge is 2.20. The van der Waals surface area contributed by atoms with Crippen LogP contribution in [0.25, 0.3) is 16.5 Å². The molecule has 2 amide bonds. The number of amides is 2. The predicted octanol–water partition coefficient (Wildman–Crippen LogP) is 3.29. The Hall–Kier alpha value is -3.35. The highest BCUT2D eigenvalue weighted by molar-refractivity contribution is 5.94. The number of para-hydroxylation sites is 1. The number of hydrogen-bond acceptors (Lipinski definition) is 4. The van der Waals surface area contributed by atoms with Gasteiger partial charge in [0.2, 0.25) is 5.88 Å². The molecule has 3 heterocycles. The Morgan fingerprint density at radius 1 is 1.35 bits per heavy atom. The summed E-state index contributed by atoms with van der Waals surface area (Å²) in [5.41, 5.74) is 4.05. The van der Waals surface area contributed by atoms with Gasteiger partial charge in [-0.3, -0.25) is 0 Å². The van der Waals surface area contributed by atoms with Crippen LogP contribution < -0.4 is 10.1 Å². The normalized spacial score (nSPS) is 14.2. The van der Waals surface area contributed by atoms with E-state index in [2.05, 4.69) is 38.5 Å². The quantitative estimate of drug-likeness (QED) is 0.760. The number of nitrogens with zero attached hydrogens (tertiary/aromatic N) is 3. The number of methoxy groups -OCH3 is 1. The Balaban J connectivity index is 1.48. The molecule has 3 aromatic rings. The summed E-state index contributed by atoms with van der Waals surface area (Å²) in [6.07, 6.45) is 7.86. The van der Waals surface area contributed by atoms with Gasteiger partial charge in [-0.25, -0.2) is 9.78 Å². The number of anilines is 1. The zero-order valence-corrected chi connectivity index (χ0v) is 14.4. The zero-order chi connectivity index (χ0) is 17.9. The van der Waals surface area contributed by atoms with E-state index in [1.54, 1.807) is 4.90 Å². The molecule has 0 atom stereocenters. The Kier molecular flexibility index (Phi) is 4.27. The summed E-state index contributed by atoms with van der Waals surface area (Å²) in [7, 11) is 1.51. The van der Waals surface area contributed by atoms with Crippen LogP contribution in [-0.4, -0.2) is 46.1 Å². The van der Waals surface area contributed by atoms with Crippen molar-refractivity contribution in [3.63, 3.8) is 0 Å². The van der Waals surface area contributed by atoms with Gasteiger partial charge in [0.1, 0.15) is 12.0 Å². The van der Waals surface area contributed by atoms with Gasteiger partial charge in [0.15, 0.2) is 0 Å². The monoisotopic (exact) mass is 349 g/mol. The molecule has 132 valence electrons. The van der Waals surface area contributed by atoms with Gasteiger partial charge in [-0.05, 0) is 18.1 Å². The molecule has 0 fully saturated rings. The van der Waals surface area contributed by atoms with Crippen molar-refractivity contribution in [1.82, 2.24) is 19.9 Å². The van der Waals surface area contributed by atoms with Gasteiger partial charge in [-0.15, -0.1) is 0 Å². The topological polar surface area (TPSA) is 83.1 Å². The molecule has 2 aromatic heterocycles. The number of fused-ring (bicyclic) bond motifs is 1. The van der Waals surface area contributed by atoms with Crippen molar-refractivity contribution >= 4 is 28.2 Å². The van der Waals surface area contributed by atoms with E-state index in [-0.39, 0.29) is 6.03 Å². The average Bonchev–Trinajstić information content (AvgIpc) is 3.12. The number of H-pyrrole nitrogens is 1. The number of urea groups is 1. The maximum Gasteiger partial charge on any atom is 0.322 e. The van der Waals surface area contributed by atoms with Crippen molar-refractivity contribution < 1.29 is 9.53 Å². The van der Waals surface area contributed by atoms with Gasteiger partial charge in [0.05, 0.1) is 13.3 Å². The van der Waals surface area contributed by atoms with Crippen molar-refractivity contribution in [3.05, 3.63) is 54.6 Å². The van der Waals surface area contributed by atoms with Gasteiger partial charge in [0.25, 0.3) is 0 Å². The largest absolute Gasteiger partial charge is 0.479 e. The fourth-order valence-corrected chi connectivity index (χ4v) is 3.20. The molecule has 1 aromatic carbocycles. The third-order valence-electron chi connectivity index (χ3n) is 4.54. The minimum atomic E-state index is -0.188. The third-order valence-corrected chi connectivity index (χ3v) is 4.54. The summed E-state index contributed by atoms with van der Waals surface area (Å²) in [5.74, 6) is 0.348. The van der Waals surface area contributed by atoms with Crippen molar-refractivity contribution in [1.29, 1.82) is 0 Å². The van der Waals surface area contributed by atoms with Gasteiger partial charge in [-0.2, -0.15) is 4.98 Å². The number of benzene rings is 1. The molecule has 1 aliphatic rings. The van der Waals surface area contributed by atoms with Crippen molar-refractivity contribution in [2.75, 3.05) is 25.5 Å². The van der Waals surface area contributed by atoms with Crippen molar-refractivity contribution in [2.24, 2.45) is 0 Å². The molecule has 7 nitrogen and oxygen atoms in total. The average molecular weight is 349 g/mol. The van der Waals surface area contributed by atoms with E-state index in [4.69, 9.17) is 4.74 Å². The van der Waals surface area contributed by atoms with E-state index in [9.17, 15) is 4.79 Å². The minimum absolute atomic E-state index is 0.188. The molecular weight excluding hydrogens is 330 g/mol. The third kappa shape index (κ3) is 2.99. The molecule has 2 N–H and O–H groups in total. The Bertz CT molecular complexity index is 979. The van der Waals surface area contributed by atoms with Crippen LogP contribution in [0.3, 0.4) is 0 Å². The molecule has 26 heavy (non-hydrogen) atoms. The number of carbonyl (C=O) groups is 1. The first-order valence-electron chi connectivity index (χ1n) is 8.41. The number of ether oxygens (including phenoxy) is 1. The van der Waals surface area contributed by atoms with Crippen LogP contribution in [-0.2, 0) is 0 Å². The molecule has 0 bridgehead atoms. The lowest BCUT2D eigenvalue weighted by atomic mass is 9.99. The Morgan fingerprint density at radius 3 is 3.04 bits per heavy atom. The van der Waals surface area contributed by atoms with Gasteiger partial charge in [-0.1, -0.05) is 24.3 Å². The molecule has 7 heteroatoms. The molecule has 4 rings (SSSR count). The highest BCUT2D eigenvalue weighted by atomic mass is 16.5. The standard InChI is InChI=1S/C19H19N5O2/c1-26-18-17(11-20-12-22-18)23-19(25)24-8-6-13(7-9-24)15-10-21-16-5-3-2-4-14(15)16/h2-6,10-12,21H,7-9H2,1H3,(H,23,25). The molecule has 1 aliphatic heterocycles.